The van der Waals surface area contributed by atoms with Gasteiger partial charge in [-0.3, -0.25) is 9.78 Å². The quantitative estimate of drug-likeness (QED) is 0.242. The molecule has 28 heavy (non-hydrogen) atoms. The van der Waals surface area contributed by atoms with E-state index >= 15 is 0 Å². The van der Waals surface area contributed by atoms with Gasteiger partial charge in [-0.15, -0.1) is 0 Å². The molecule has 6 N–H and O–H groups in total. The standard InChI is InChI=1S/C16H17ClN4O7/c17-6-1-2-8-7(3-6)18-11-14(19-16(28)20-15(11)27)21(8)4-9(23)12(25)13(26)10(24)5-22/h1-3,9-10,12-13,22-26H,4-5H2,(H,20,27,28)/t9-,10+,12+,13+/m0/s1. The van der Waals surface area contributed by atoms with Gasteiger partial charge in [0.05, 0.1) is 24.2 Å². The molecule has 4 atom stereocenters. The van der Waals surface area contributed by atoms with Crippen molar-refractivity contribution in [3.8, 4) is 11.5 Å². The zero-order valence-electron chi connectivity index (χ0n) is 14.2. The summed E-state index contributed by atoms with van der Waals surface area (Å²) in [6, 6.07) is 4.51. The zero-order valence-corrected chi connectivity index (χ0v) is 15.0. The molecule has 0 aliphatic carbocycles. The van der Waals surface area contributed by atoms with Crippen molar-refractivity contribution in [1.29, 1.82) is 0 Å². The number of halogens is 1. The van der Waals surface area contributed by atoms with E-state index < -0.39 is 48.8 Å². The van der Waals surface area contributed by atoms with Crippen LogP contribution in [0.3, 0.4) is 0 Å². The molecule has 3 rings (SSSR count). The Hall–Kier alpha value is -2.41. The first-order chi connectivity index (χ1) is 13.2. The van der Waals surface area contributed by atoms with Crippen molar-refractivity contribution < 1.29 is 25.5 Å². The number of fused-ring (bicyclic) bond motifs is 2. The summed E-state index contributed by atoms with van der Waals surface area (Å²) < 4.78 is 1.27. The van der Waals surface area contributed by atoms with Crippen LogP contribution in [0.25, 0.3) is 22.6 Å². The van der Waals surface area contributed by atoms with Crippen molar-refractivity contribution >= 4 is 22.6 Å². The maximum absolute atomic E-state index is 12.1. The van der Waals surface area contributed by atoms with Crippen molar-refractivity contribution in [2.75, 3.05) is 6.61 Å². The first kappa shape index (κ1) is 20.3. The Bertz CT molecular complexity index is 1080. The largest absolute Gasteiger partial charge is 0.394 e. The molecule has 0 unspecified atom stereocenters. The lowest BCUT2D eigenvalue weighted by Gasteiger charge is -2.27. The maximum Gasteiger partial charge on any atom is 0.349 e. The van der Waals surface area contributed by atoms with Crippen molar-refractivity contribution in [2.45, 2.75) is 31.0 Å². The number of aliphatic hydroxyl groups is 5. The van der Waals surface area contributed by atoms with Crippen molar-refractivity contribution in [3.05, 3.63) is 44.1 Å². The van der Waals surface area contributed by atoms with Gasteiger partial charge >= 0.3 is 5.69 Å². The number of benzene rings is 1. The van der Waals surface area contributed by atoms with Gasteiger partial charge in [-0.2, -0.15) is 4.98 Å². The minimum Gasteiger partial charge on any atom is -0.394 e. The van der Waals surface area contributed by atoms with Crippen LogP contribution in [0.2, 0.25) is 5.02 Å². The molecular weight excluding hydrogens is 396 g/mol. The van der Waals surface area contributed by atoms with E-state index in [1.54, 1.807) is 0 Å². The second kappa shape index (κ2) is 7.91. The molecule has 0 fully saturated rings. The smallest absolute Gasteiger partial charge is 0.349 e. The van der Waals surface area contributed by atoms with Crippen LogP contribution in [0, 0.1) is 0 Å². The number of rotatable bonds is 6. The minimum atomic E-state index is -1.84. The van der Waals surface area contributed by atoms with Crippen molar-refractivity contribution in [1.82, 2.24) is 19.5 Å². The number of aliphatic hydroxyl groups excluding tert-OH is 5. The van der Waals surface area contributed by atoms with Gasteiger partial charge in [-0.05, 0) is 18.2 Å². The van der Waals surface area contributed by atoms with Gasteiger partial charge in [-0.25, -0.2) is 9.78 Å². The van der Waals surface area contributed by atoms with E-state index in [2.05, 4.69) is 9.97 Å². The lowest BCUT2D eigenvalue weighted by Crippen LogP contribution is -2.47. The summed E-state index contributed by atoms with van der Waals surface area (Å²) in [5.74, 6) is -0.146. The summed E-state index contributed by atoms with van der Waals surface area (Å²) in [6.07, 6.45) is -7.00. The predicted octanol–water partition coefficient (Wildman–Crippen LogP) is -2.33. The molecule has 0 bridgehead atoms. The topological polar surface area (TPSA) is 182 Å². The third kappa shape index (κ3) is 3.76. The Morgan fingerprint density at radius 3 is 2.43 bits per heavy atom. The number of H-pyrrole nitrogens is 1. The number of hydrogen-bond donors (Lipinski definition) is 6. The molecular formula is C16H17ClN4O7. The monoisotopic (exact) mass is 412 g/mol. The van der Waals surface area contributed by atoms with Gasteiger partial charge in [0.15, 0.2) is 11.5 Å². The molecule has 0 aromatic heterocycles. The molecule has 0 spiro atoms. The number of aromatic amines is 1. The maximum atomic E-state index is 12.1. The molecule has 1 aromatic carbocycles. The van der Waals surface area contributed by atoms with Gasteiger partial charge in [-0.1, -0.05) is 11.6 Å². The first-order valence-corrected chi connectivity index (χ1v) is 8.54. The van der Waals surface area contributed by atoms with Crippen LogP contribution in [0.4, 0.5) is 0 Å². The van der Waals surface area contributed by atoms with E-state index in [1.165, 1.54) is 22.8 Å². The molecule has 1 aromatic rings. The third-order valence-electron chi connectivity index (χ3n) is 4.27. The fraction of sp³-hybridized carbons (Fsp3) is 0.375. The molecule has 2 aliphatic heterocycles. The van der Waals surface area contributed by atoms with Gasteiger partial charge in [0.1, 0.15) is 24.4 Å². The Balaban J connectivity index is 2.14. The SMILES string of the molecule is O=c1nc2n(C[C@H](O)[C@@H](O)[C@H](O)[C@H](O)CO)c3ccc(Cl)cc3nc-2c(=O)[nH]1. The second-order valence-corrected chi connectivity index (χ2v) is 6.63. The molecule has 0 saturated heterocycles. The summed E-state index contributed by atoms with van der Waals surface area (Å²) in [5.41, 5.74) is -1.29. The molecule has 150 valence electrons. The molecule has 0 saturated carbocycles. The molecule has 0 amide bonds. The lowest BCUT2D eigenvalue weighted by atomic mass is 10.0. The molecule has 0 radical (unpaired) electrons. The highest BCUT2D eigenvalue weighted by Gasteiger charge is 2.31. The van der Waals surface area contributed by atoms with Gasteiger partial charge in [0.2, 0.25) is 0 Å². The number of nitrogens with zero attached hydrogens (tertiary/aromatic N) is 3. The Morgan fingerprint density at radius 2 is 1.75 bits per heavy atom. The average Bonchev–Trinajstić information content (AvgIpc) is 2.66. The average molecular weight is 413 g/mol. The highest BCUT2D eigenvalue weighted by molar-refractivity contribution is 6.31. The van der Waals surface area contributed by atoms with E-state index in [-0.39, 0.29) is 17.0 Å². The van der Waals surface area contributed by atoms with Crippen molar-refractivity contribution in [3.63, 3.8) is 0 Å². The van der Waals surface area contributed by atoms with E-state index in [1.807, 2.05) is 4.98 Å². The van der Waals surface area contributed by atoms with Gasteiger partial charge in [0.25, 0.3) is 5.56 Å². The van der Waals surface area contributed by atoms with Crippen molar-refractivity contribution in [2.24, 2.45) is 0 Å². The summed E-state index contributed by atoms with van der Waals surface area (Å²) in [6.45, 7) is -1.24. The van der Waals surface area contributed by atoms with E-state index in [9.17, 15) is 30.0 Å². The molecule has 2 heterocycles. The fourth-order valence-corrected chi connectivity index (χ4v) is 2.98. The zero-order chi connectivity index (χ0) is 20.6. The molecule has 11 nitrogen and oxygen atoms in total. The van der Waals surface area contributed by atoms with Crippen LogP contribution in [0.15, 0.2) is 27.8 Å². The summed E-state index contributed by atoms with van der Waals surface area (Å²) in [4.78, 5) is 33.7. The molecule has 2 aliphatic rings. The lowest BCUT2D eigenvalue weighted by molar-refractivity contribution is -0.117. The fourth-order valence-electron chi connectivity index (χ4n) is 2.82. The highest BCUT2D eigenvalue weighted by atomic mass is 35.5. The van der Waals surface area contributed by atoms with E-state index in [0.29, 0.717) is 10.5 Å². The Kier molecular flexibility index (Phi) is 5.74. The van der Waals surface area contributed by atoms with E-state index in [4.69, 9.17) is 16.7 Å². The summed E-state index contributed by atoms with van der Waals surface area (Å²) in [7, 11) is 0. The number of hydrogen-bond acceptors (Lipinski definition) is 9. The van der Waals surface area contributed by atoms with Gasteiger partial charge < -0.3 is 30.1 Å². The van der Waals surface area contributed by atoms with Crippen LogP contribution in [0.1, 0.15) is 0 Å². The number of aromatic nitrogens is 4. The van der Waals surface area contributed by atoms with Crippen LogP contribution >= 0.6 is 11.6 Å². The van der Waals surface area contributed by atoms with Crippen LogP contribution in [0.5, 0.6) is 0 Å². The predicted molar refractivity (Wildman–Crippen MR) is 97.2 cm³/mol. The normalized spacial score (nSPS) is 16.2. The van der Waals surface area contributed by atoms with Crippen LogP contribution in [-0.4, -0.2) is 76.1 Å². The van der Waals surface area contributed by atoms with Crippen LogP contribution < -0.4 is 11.2 Å². The van der Waals surface area contributed by atoms with Gasteiger partial charge in [0, 0.05) is 5.02 Å². The highest BCUT2D eigenvalue weighted by Crippen LogP contribution is 2.24. The third-order valence-corrected chi connectivity index (χ3v) is 4.50. The first-order valence-electron chi connectivity index (χ1n) is 8.16. The number of nitrogens with one attached hydrogen (secondary N) is 1. The molecule has 12 heteroatoms. The van der Waals surface area contributed by atoms with Crippen LogP contribution in [-0.2, 0) is 6.54 Å². The summed E-state index contributed by atoms with van der Waals surface area (Å²) >= 11 is 5.96. The summed E-state index contributed by atoms with van der Waals surface area (Å²) in [5, 5.41) is 48.9. The Labute approximate surface area is 161 Å². The second-order valence-electron chi connectivity index (χ2n) is 6.20. The van der Waals surface area contributed by atoms with E-state index in [0.717, 1.165) is 0 Å². The minimum absolute atomic E-state index is 0.146. The Morgan fingerprint density at radius 1 is 1.07 bits per heavy atom.